The van der Waals surface area contributed by atoms with Crippen molar-refractivity contribution in [2.24, 2.45) is 0 Å². The molecule has 0 aliphatic heterocycles. The third-order valence-electron chi connectivity index (χ3n) is 1.98. The fraction of sp³-hybridized carbons (Fsp3) is 0.100. The van der Waals surface area contributed by atoms with Crippen LogP contribution in [0.2, 0.25) is 0 Å². The van der Waals surface area contributed by atoms with E-state index in [0.29, 0.717) is 0 Å². The maximum absolute atomic E-state index is 13.3. The van der Waals surface area contributed by atoms with Crippen molar-refractivity contribution in [2.75, 3.05) is 7.11 Å². The maximum Gasteiger partial charge on any atom is 0.356 e. The van der Waals surface area contributed by atoms with Crippen molar-refractivity contribution in [3.05, 3.63) is 35.9 Å². The van der Waals surface area contributed by atoms with Gasteiger partial charge in [-0.05, 0) is 12.1 Å². The van der Waals surface area contributed by atoms with E-state index in [2.05, 4.69) is 19.9 Å². The third-order valence-corrected chi connectivity index (χ3v) is 1.98. The second kappa shape index (κ2) is 4.09. The number of rotatable bonds is 2. The van der Waals surface area contributed by atoms with Gasteiger partial charge < -0.3 is 4.74 Å². The summed E-state index contributed by atoms with van der Waals surface area (Å²) < 4.78 is 17.8. The van der Waals surface area contributed by atoms with Crippen LogP contribution in [0.25, 0.3) is 11.4 Å². The summed E-state index contributed by atoms with van der Waals surface area (Å²) in [6.45, 7) is 0. The average Bonchev–Trinajstić information content (AvgIpc) is 2.78. The third kappa shape index (κ3) is 1.77. The van der Waals surface area contributed by atoms with E-state index in [9.17, 15) is 9.18 Å². The lowest BCUT2D eigenvalue weighted by molar-refractivity contribution is 0.0594. The van der Waals surface area contributed by atoms with E-state index >= 15 is 0 Å². The van der Waals surface area contributed by atoms with Gasteiger partial charge in [0, 0.05) is 12.3 Å². The SMILES string of the molecule is COC(=O)c1cc(-c2ncccc2F)n[nH]1. The van der Waals surface area contributed by atoms with Crippen LogP contribution in [0.1, 0.15) is 10.5 Å². The minimum atomic E-state index is -0.560. The molecule has 2 heterocycles. The Morgan fingerprint density at radius 2 is 2.38 bits per heavy atom. The Kier molecular flexibility index (Phi) is 2.63. The number of aromatic amines is 1. The van der Waals surface area contributed by atoms with Crippen molar-refractivity contribution >= 4 is 5.97 Å². The van der Waals surface area contributed by atoms with Gasteiger partial charge in [-0.1, -0.05) is 0 Å². The van der Waals surface area contributed by atoms with Crippen LogP contribution in [0.4, 0.5) is 4.39 Å². The largest absolute Gasteiger partial charge is 0.464 e. The van der Waals surface area contributed by atoms with E-state index in [-0.39, 0.29) is 17.1 Å². The molecule has 0 aliphatic rings. The highest BCUT2D eigenvalue weighted by Crippen LogP contribution is 2.18. The highest BCUT2D eigenvalue weighted by Gasteiger charge is 2.14. The average molecular weight is 221 g/mol. The molecule has 0 bridgehead atoms. The molecule has 0 amide bonds. The number of esters is 1. The monoisotopic (exact) mass is 221 g/mol. The Hall–Kier alpha value is -2.24. The van der Waals surface area contributed by atoms with Gasteiger partial charge in [-0.15, -0.1) is 0 Å². The molecule has 0 aromatic carbocycles. The molecule has 0 saturated heterocycles. The normalized spacial score (nSPS) is 10.1. The van der Waals surface area contributed by atoms with Crippen LogP contribution >= 0.6 is 0 Å². The van der Waals surface area contributed by atoms with Gasteiger partial charge in [0.1, 0.15) is 17.1 Å². The number of hydrogen-bond donors (Lipinski definition) is 1. The molecular weight excluding hydrogens is 213 g/mol. The van der Waals surface area contributed by atoms with Crippen molar-refractivity contribution < 1.29 is 13.9 Å². The summed E-state index contributed by atoms with van der Waals surface area (Å²) in [4.78, 5) is 15.0. The lowest BCUT2D eigenvalue weighted by atomic mass is 10.2. The maximum atomic E-state index is 13.3. The quantitative estimate of drug-likeness (QED) is 0.778. The van der Waals surface area contributed by atoms with Crippen molar-refractivity contribution in [1.82, 2.24) is 15.2 Å². The van der Waals surface area contributed by atoms with Crippen LogP contribution in [0, 0.1) is 5.82 Å². The molecule has 0 unspecified atom stereocenters. The topological polar surface area (TPSA) is 67.9 Å². The van der Waals surface area contributed by atoms with Crippen LogP contribution in [0.5, 0.6) is 0 Å². The number of hydrogen-bond acceptors (Lipinski definition) is 4. The van der Waals surface area contributed by atoms with E-state index in [1.54, 1.807) is 0 Å². The number of carbonyl (C=O) groups excluding carboxylic acids is 1. The van der Waals surface area contributed by atoms with Gasteiger partial charge in [0.05, 0.1) is 7.11 Å². The molecular formula is C10H8FN3O2. The number of halogens is 1. The first-order valence-corrected chi connectivity index (χ1v) is 4.47. The van der Waals surface area contributed by atoms with E-state index < -0.39 is 11.8 Å². The van der Waals surface area contributed by atoms with Gasteiger partial charge >= 0.3 is 5.97 Å². The van der Waals surface area contributed by atoms with Crippen LogP contribution in [-0.4, -0.2) is 28.3 Å². The van der Waals surface area contributed by atoms with Crippen LogP contribution in [0.15, 0.2) is 24.4 Å². The highest BCUT2D eigenvalue weighted by molar-refractivity contribution is 5.88. The molecule has 0 atom stereocenters. The number of H-pyrrole nitrogens is 1. The molecule has 0 spiro atoms. The molecule has 16 heavy (non-hydrogen) atoms. The van der Waals surface area contributed by atoms with Crippen LogP contribution in [0.3, 0.4) is 0 Å². The molecule has 5 nitrogen and oxygen atoms in total. The Labute approximate surface area is 90.3 Å². The van der Waals surface area contributed by atoms with Crippen molar-refractivity contribution in [3.8, 4) is 11.4 Å². The predicted octanol–water partition coefficient (Wildman–Crippen LogP) is 1.40. The van der Waals surface area contributed by atoms with E-state index in [1.165, 1.54) is 31.5 Å². The van der Waals surface area contributed by atoms with Gasteiger partial charge in [0.25, 0.3) is 0 Å². The van der Waals surface area contributed by atoms with Crippen molar-refractivity contribution in [2.45, 2.75) is 0 Å². The summed E-state index contributed by atoms with van der Waals surface area (Å²) in [5.41, 5.74) is 0.509. The minimum Gasteiger partial charge on any atom is -0.464 e. The molecule has 1 N–H and O–H groups in total. The van der Waals surface area contributed by atoms with E-state index in [1.807, 2.05) is 0 Å². The lowest BCUT2D eigenvalue weighted by Gasteiger charge is -1.95. The Morgan fingerprint density at radius 3 is 3.06 bits per heavy atom. The van der Waals surface area contributed by atoms with E-state index in [4.69, 9.17) is 0 Å². The summed E-state index contributed by atoms with van der Waals surface area (Å²) >= 11 is 0. The molecule has 2 rings (SSSR count). The first kappa shape index (κ1) is 10.3. The van der Waals surface area contributed by atoms with Gasteiger partial charge in [0.2, 0.25) is 0 Å². The standard InChI is InChI=1S/C10H8FN3O2/c1-16-10(15)8-5-7(13-14-8)9-6(11)3-2-4-12-9/h2-5H,1H3,(H,13,14). The van der Waals surface area contributed by atoms with Crippen molar-refractivity contribution in [3.63, 3.8) is 0 Å². The lowest BCUT2D eigenvalue weighted by Crippen LogP contribution is -2.00. The second-order valence-electron chi connectivity index (χ2n) is 2.99. The zero-order chi connectivity index (χ0) is 11.5. The second-order valence-corrected chi connectivity index (χ2v) is 2.99. The van der Waals surface area contributed by atoms with Crippen LogP contribution in [-0.2, 0) is 4.74 Å². The zero-order valence-electron chi connectivity index (χ0n) is 8.40. The zero-order valence-corrected chi connectivity index (χ0v) is 8.40. The molecule has 0 aliphatic carbocycles. The fourth-order valence-corrected chi connectivity index (χ4v) is 1.23. The molecule has 2 aromatic rings. The Balaban J connectivity index is 2.39. The summed E-state index contributed by atoms with van der Waals surface area (Å²) in [7, 11) is 1.25. The van der Waals surface area contributed by atoms with Gasteiger partial charge in [0.15, 0.2) is 5.82 Å². The highest BCUT2D eigenvalue weighted by atomic mass is 19.1. The summed E-state index contributed by atoms with van der Waals surface area (Å²) in [5, 5.41) is 6.24. The first-order valence-electron chi connectivity index (χ1n) is 4.47. The molecule has 82 valence electrons. The smallest absolute Gasteiger partial charge is 0.356 e. The molecule has 0 radical (unpaired) electrons. The number of ether oxygens (including phenoxy) is 1. The van der Waals surface area contributed by atoms with Crippen molar-refractivity contribution in [1.29, 1.82) is 0 Å². The predicted molar refractivity (Wildman–Crippen MR) is 53.1 cm³/mol. The Morgan fingerprint density at radius 1 is 1.56 bits per heavy atom. The molecule has 6 heteroatoms. The molecule has 2 aromatic heterocycles. The summed E-state index contributed by atoms with van der Waals surface area (Å²) in [6.07, 6.45) is 1.45. The fourth-order valence-electron chi connectivity index (χ4n) is 1.23. The van der Waals surface area contributed by atoms with Gasteiger partial charge in [-0.2, -0.15) is 5.10 Å². The number of nitrogens with zero attached hydrogens (tertiary/aromatic N) is 2. The molecule has 0 fully saturated rings. The number of aromatic nitrogens is 3. The van der Waals surface area contributed by atoms with Gasteiger partial charge in [-0.25, -0.2) is 9.18 Å². The number of methoxy groups -OCH3 is 1. The summed E-state index contributed by atoms with van der Waals surface area (Å²) in [6, 6.07) is 4.14. The number of pyridine rings is 1. The summed E-state index contributed by atoms with van der Waals surface area (Å²) in [5.74, 6) is -1.06. The number of nitrogens with one attached hydrogen (secondary N) is 1. The van der Waals surface area contributed by atoms with E-state index in [0.717, 1.165) is 0 Å². The molecule has 0 saturated carbocycles. The van der Waals surface area contributed by atoms with Gasteiger partial charge in [-0.3, -0.25) is 10.1 Å². The first-order chi connectivity index (χ1) is 7.72. The number of carbonyl (C=O) groups is 1. The Bertz CT molecular complexity index is 524. The minimum absolute atomic E-state index is 0.0916. The van der Waals surface area contributed by atoms with Crippen LogP contribution < -0.4 is 0 Å².